The van der Waals surface area contributed by atoms with Crippen LogP contribution < -0.4 is 16.1 Å². The van der Waals surface area contributed by atoms with Gasteiger partial charge in [-0.05, 0) is 70.1 Å². The lowest BCUT2D eigenvalue weighted by Crippen LogP contribution is -2.48. The van der Waals surface area contributed by atoms with E-state index in [1.165, 1.54) is 18.2 Å². The number of ether oxygens (including phenoxy) is 1. The number of amides is 3. The van der Waals surface area contributed by atoms with Gasteiger partial charge in [0.1, 0.15) is 0 Å². The molecule has 0 unspecified atom stereocenters. The lowest BCUT2D eigenvalue weighted by Gasteiger charge is -2.27. The van der Waals surface area contributed by atoms with Gasteiger partial charge in [0.2, 0.25) is 0 Å². The number of hydrogen-bond donors (Lipinski definition) is 4. The highest BCUT2D eigenvalue weighted by atomic mass is 35.5. The highest BCUT2D eigenvalue weighted by Crippen LogP contribution is 2.26. The lowest BCUT2D eigenvalue weighted by molar-refractivity contribution is 0.0126. The molecule has 12 heteroatoms. The molecule has 1 fully saturated rings. The van der Waals surface area contributed by atoms with E-state index in [0.717, 1.165) is 21.5 Å². The maximum absolute atomic E-state index is 13.0. The average molecular weight is 736 g/mol. The standard InChI is InChI=1S/C22H20ClN3O3.C18H12ClNO3/c23-16-8-9-20(19(14-16)22(28)25-26-10-12-29-13-11-26)24-21(27)18-7-3-5-15-4-1-2-6-17(15)18;19-12-8-9-16(15(10-12)18(22)23)20-17(21)14-7-3-5-11-4-1-2-6-13(11)14/h1-9,14H,10-13H2,(H,24,27)(H,25,28);1-10H,(H,20,21)(H,22,23). The molecule has 1 aliphatic heterocycles. The van der Waals surface area contributed by atoms with Crippen molar-refractivity contribution in [1.82, 2.24) is 10.4 Å². The summed E-state index contributed by atoms with van der Waals surface area (Å²) in [5.74, 6) is -2.14. The van der Waals surface area contributed by atoms with Gasteiger partial charge in [-0.1, -0.05) is 96.0 Å². The minimum absolute atomic E-state index is 0.0499. The maximum Gasteiger partial charge on any atom is 0.337 e. The van der Waals surface area contributed by atoms with Gasteiger partial charge in [-0.2, -0.15) is 0 Å². The molecule has 1 heterocycles. The number of anilines is 2. The molecule has 262 valence electrons. The minimum atomic E-state index is -1.15. The molecule has 7 rings (SSSR count). The number of hydrogen-bond acceptors (Lipinski definition) is 6. The molecule has 0 bridgehead atoms. The van der Waals surface area contributed by atoms with Crippen LogP contribution in [-0.4, -0.2) is 60.1 Å². The maximum atomic E-state index is 13.0. The van der Waals surface area contributed by atoms with Crippen LogP contribution in [0.5, 0.6) is 0 Å². The Kier molecular flexibility index (Phi) is 11.4. The van der Waals surface area contributed by atoms with Crippen molar-refractivity contribution in [3.63, 3.8) is 0 Å². The molecule has 0 aromatic heterocycles. The van der Waals surface area contributed by atoms with Gasteiger partial charge in [0.05, 0.1) is 35.7 Å². The van der Waals surface area contributed by atoms with Gasteiger partial charge in [-0.3, -0.25) is 19.8 Å². The summed E-state index contributed by atoms with van der Waals surface area (Å²) in [5.41, 5.74) is 4.73. The Hall–Kier alpha value is -5.78. The minimum Gasteiger partial charge on any atom is -0.478 e. The molecule has 6 aromatic rings. The van der Waals surface area contributed by atoms with Gasteiger partial charge in [-0.15, -0.1) is 0 Å². The summed E-state index contributed by atoms with van der Waals surface area (Å²) >= 11 is 11.9. The summed E-state index contributed by atoms with van der Waals surface area (Å²) in [5, 5.41) is 20.8. The number of carbonyl (C=O) groups is 4. The first-order valence-corrected chi connectivity index (χ1v) is 17.0. The van der Waals surface area contributed by atoms with Crippen LogP contribution in [0.25, 0.3) is 21.5 Å². The van der Waals surface area contributed by atoms with E-state index in [1.54, 1.807) is 41.4 Å². The van der Waals surface area contributed by atoms with Crippen molar-refractivity contribution in [3.05, 3.63) is 154 Å². The first kappa shape index (κ1) is 36.0. The summed E-state index contributed by atoms with van der Waals surface area (Å²) in [4.78, 5) is 49.6. The summed E-state index contributed by atoms with van der Waals surface area (Å²) in [6, 6.07) is 35.3. The second kappa shape index (κ2) is 16.5. The number of rotatable bonds is 7. The topological polar surface area (TPSA) is 137 Å². The van der Waals surface area contributed by atoms with Crippen molar-refractivity contribution in [2.75, 3.05) is 36.9 Å². The molecular formula is C40H32Cl2N4O6. The van der Waals surface area contributed by atoms with E-state index in [4.69, 9.17) is 27.9 Å². The average Bonchev–Trinajstić information content (AvgIpc) is 3.16. The highest BCUT2D eigenvalue weighted by molar-refractivity contribution is 6.31. The van der Waals surface area contributed by atoms with Crippen LogP contribution in [0.4, 0.5) is 11.4 Å². The van der Waals surface area contributed by atoms with E-state index in [-0.39, 0.29) is 29.0 Å². The molecule has 0 spiro atoms. The van der Waals surface area contributed by atoms with Crippen molar-refractivity contribution in [1.29, 1.82) is 0 Å². The number of benzene rings is 6. The summed E-state index contributed by atoms with van der Waals surface area (Å²) in [7, 11) is 0. The van der Waals surface area contributed by atoms with Gasteiger partial charge in [-0.25, -0.2) is 9.80 Å². The fourth-order valence-electron chi connectivity index (χ4n) is 5.72. The summed E-state index contributed by atoms with van der Waals surface area (Å²) < 4.78 is 5.30. The van der Waals surface area contributed by atoms with Crippen LogP contribution in [0.3, 0.4) is 0 Å². The van der Waals surface area contributed by atoms with Crippen LogP contribution in [0.1, 0.15) is 41.4 Å². The van der Waals surface area contributed by atoms with Crippen LogP contribution in [0.15, 0.2) is 121 Å². The molecule has 0 radical (unpaired) electrons. The third-order valence-electron chi connectivity index (χ3n) is 8.27. The Balaban J connectivity index is 0.000000183. The zero-order valence-corrected chi connectivity index (χ0v) is 29.1. The number of morpholine rings is 1. The molecule has 4 N–H and O–H groups in total. The van der Waals surface area contributed by atoms with Gasteiger partial charge >= 0.3 is 5.97 Å². The highest BCUT2D eigenvalue weighted by Gasteiger charge is 2.20. The predicted molar refractivity (Wildman–Crippen MR) is 204 cm³/mol. The predicted octanol–water partition coefficient (Wildman–Crippen LogP) is 8.17. The lowest BCUT2D eigenvalue weighted by atomic mass is 10.0. The first-order valence-electron chi connectivity index (χ1n) is 16.2. The van der Waals surface area contributed by atoms with E-state index < -0.39 is 5.97 Å². The zero-order chi connectivity index (χ0) is 36.6. The number of nitrogens with one attached hydrogen (secondary N) is 3. The second-order valence-corrected chi connectivity index (χ2v) is 12.6. The van der Waals surface area contributed by atoms with E-state index in [2.05, 4.69) is 16.1 Å². The molecule has 3 amide bonds. The number of hydrazine groups is 1. The molecule has 52 heavy (non-hydrogen) atoms. The molecule has 0 atom stereocenters. The van der Waals surface area contributed by atoms with E-state index >= 15 is 0 Å². The monoisotopic (exact) mass is 734 g/mol. The fraction of sp³-hybridized carbons (Fsp3) is 0.100. The van der Waals surface area contributed by atoms with Gasteiger partial charge in [0, 0.05) is 34.3 Å². The van der Waals surface area contributed by atoms with Crippen molar-refractivity contribution in [3.8, 4) is 0 Å². The Bertz CT molecular complexity index is 2300. The van der Waals surface area contributed by atoms with Gasteiger partial charge in [0.15, 0.2) is 0 Å². The number of carbonyl (C=O) groups excluding carboxylic acids is 3. The Morgan fingerprint density at radius 2 is 1.02 bits per heavy atom. The van der Waals surface area contributed by atoms with Crippen LogP contribution in [-0.2, 0) is 4.74 Å². The third kappa shape index (κ3) is 8.56. The van der Waals surface area contributed by atoms with Crippen molar-refractivity contribution in [2.24, 2.45) is 0 Å². The fourth-order valence-corrected chi connectivity index (χ4v) is 6.07. The number of aromatic carboxylic acids is 1. The third-order valence-corrected chi connectivity index (χ3v) is 8.74. The van der Waals surface area contributed by atoms with Crippen molar-refractivity contribution in [2.45, 2.75) is 0 Å². The summed E-state index contributed by atoms with van der Waals surface area (Å²) in [6.45, 7) is 2.31. The Labute approximate surface area is 308 Å². The van der Waals surface area contributed by atoms with Crippen molar-refractivity contribution >= 4 is 79.8 Å². The first-order chi connectivity index (χ1) is 25.2. The molecular weight excluding hydrogens is 703 g/mol. The molecule has 10 nitrogen and oxygen atoms in total. The Morgan fingerprint density at radius 1 is 0.558 bits per heavy atom. The molecule has 0 aliphatic carbocycles. The van der Waals surface area contributed by atoms with Crippen LogP contribution in [0.2, 0.25) is 10.0 Å². The largest absolute Gasteiger partial charge is 0.478 e. The second-order valence-electron chi connectivity index (χ2n) is 11.7. The smallest absolute Gasteiger partial charge is 0.337 e. The van der Waals surface area contributed by atoms with Gasteiger partial charge < -0.3 is 20.5 Å². The van der Waals surface area contributed by atoms with E-state index in [1.807, 2.05) is 66.7 Å². The molecule has 1 saturated heterocycles. The number of halogens is 2. The summed E-state index contributed by atoms with van der Waals surface area (Å²) in [6.07, 6.45) is 0. The van der Waals surface area contributed by atoms with Crippen LogP contribution >= 0.6 is 23.2 Å². The Morgan fingerprint density at radius 3 is 1.54 bits per heavy atom. The normalized spacial score (nSPS) is 12.7. The molecule has 6 aromatic carbocycles. The number of carboxylic acid groups (broad SMARTS) is 1. The molecule has 1 aliphatic rings. The number of nitrogens with zero attached hydrogens (tertiary/aromatic N) is 1. The molecule has 0 saturated carbocycles. The SMILES string of the molecule is O=C(NN1CCOCC1)c1cc(Cl)ccc1NC(=O)c1cccc2ccccc12.O=C(O)c1cc(Cl)ccc1NC(=O)c1cccc2ccccc12. The van der Waals surface area contributed by atoms with Crippen LogP contribution in [0, 0.1) is 0 Å². The zero-order valence-electron chi connectivity index (χ0n) is 27.6. The van der Waals surface area contributed by atoms with Crippen molar-refractivity contribution < 1.29 is 29.0 Å². The van der Waals surface area contributed by atoms with Gasteiger partial charge in [0.25, 0.3) is 17.7 Å². The van der Waals surface area contributed by atoms with E-state index in [0.29, 0.717) is 58.7 Å². The number of fused-ring (bicyclic) bond motifs is 2. The quantitative estimate of drug-likeness (QED) is 0.130. The van der Waals surface area contributed by atoms with E-state index in [9.17, 15) is 24.3 Å². The number of carboxylic acids is 1.